The highest BCUT2D eigenvalue weighted by Crippen LogP contribution is 2.22. The van der Waals surface area contributed by atoms with Crippen molar-refractivity contribution in [2.45, 2.75) is 12.5 Å². The fraction of sp³-hybridized carbons (Fsp3) is 0.294. The minimum Gasteiger partial charge on any atom is -0.481 e. The Morgan fingerprint density at radius 1 is 1.36 bits per heavy atom. The molecule has 1 aromatic heterocycles. The minimum absolute atomic E-state index is 0.151. The molecule has 1 aromatic carbocycles. The molecule has 8 nitrogen and oxygen atoms in total. The van der Waals surface area contributed by atoms with Gasteiger partial charge >= 0.3 is 5.97 Å². The van der Waals surface area contributed by atoms with E-state index >= 15 is 0 Å². The van der Waals surface area contributed by atoms with E-state index in [9.17, 15) is 9.59 Å². The van der Waals surface area contributed by atoms with Crippen LogP contribution in [0.25, 0.3) is 0 Å². The van der Waals surface area contributed by atoms with Crippen molar-refractivity contribution < 1.29 is 24.2 Å². The van der Waals surface area contributed by atoms with Crippen molar-refractivity contribution in [1.82, 2.24) is 14.9 Å². The number of hydrogen-bond acceptors (Lipinski definition) is 6. The summed E-state index contributed by atoms with van der Waals surface area (Å²) in [6.45, 7) is 0.956. The van der Waals surface area contributed by atoms with E-state index in [1.165, 1.54) is 18.6 Å². The second kappa shape index (κ2) is 7.71. The largest absolute Gasteiger partial charge is 0.481 e. The molecule has 1 aliphatic rings. The molecule has 0 bridgehead atoms. The van der Waals surface area contributed by atoms with E-state index in [-0.39, 0.29) is 18.9 Å². The van der Waals surface area contributed by atoms with Gasteiger partial charge in [-0.05, 0) is 18.2 Å². The van der Waals surface area contributed by atoms with Crippen LogP contribution in [0.4, 0.5) is 0 Å². The molecule has 1 N–H and O–H groups in total. The number of amides is 1. The Bertz CT molecular complexity index is 753. The maximum atomic E-state index is 12.8. The predicted octanol–water partition coefficient (Wildman–Crippen LogP) is 1.58. The third kappa shape index (κ3) is 4.30. The molecule has 2 aromatic rings. The lowest BCUT2D eigenvalue weighted by Gasteiger charge is -2.34. The normalized spacial score (nSPS) is 17.1. The third-order valence-electron chi connectivity index (χ3n) is 3.74. The molecule has 0 spiro atoms. The van der Waals surface area contributed by atoms with E-state index in [0.29, 0.717) is 30.3 Å². The number of aliphatic carboxylic acids is 1. The Kier molecular flexibility index (Phi) is 5.20. The summed E-state index contributed by atoms with van der Waals surface area (Å²) in [6, 6.07) is 6.19. The molecule has 1 atom stereocenters. The van der Waals surface area contributed by atoms with Gasteiger partial charge in [0.05, 0.1) is 31.9 Å². The molecule has 8 heteroatoms. The van der Waals surface area contributed by atoms with E-state index in [0.717, 1.165) is 0 Å². The summed E-state index contributed by atoms with van der Waals surface area (Å²) in [7, 11) is 0. The number of carbonyl (C=O) groups excluding carboxylic acids is 1. The van der Waals surface area contributed by atoms with Gasteiger partial charge < -0.3 is 19.5 Å². The van der Waals surface area contributed by atoms with Gasteiger partial charge in [-0.1, -0.05) is 6.07 Å². The van der Waals surface area contributed by atoms with Crippen LogP contribution in [0.1, 0.15) is 16.8 Å². The summed E-state index contributed by atoms with van der Waals surface area (Å²) in [6.07, 6.45) is 4.36. The Hall–Kier alpha value is -3.00. The summed E-state index contributed by atoms with van der Waals surface area (Å²) in [4.78, 5) is 33.3. The van der Waals surface area contributed by atoms with Gasteiger partial charge in [0.15, 0.2) is 0 Å². The average molecular weight is 343 g/mol. The molecule has 3 rings (SSSR count). The van der Waals surface area contributed by atoms with Crippen molar-refractivity contribution in [1.29, 1.82) is 0 Å². The summed E-state index contributed by atoms with van der Waals surface area (Å²) in [5.41, 5.74) is 0.415. The van der Waals surface area contributed by atoms with Crippen molar-refractivity contribution in [3.63, 3.8) is 0 Å². The molecule has 0 aliphatic carbocycles. The summed E-state index contributed by atoms with van der Waals surface area (Å²) < 4.78 is 10.9. The third-order valence-corrected chi connectivity index (χ3v) is 3.74. The standard InChI is InChI=1S/C17H17N3O5/c21-16(22)9-13-11-24-7-6-20(13)17(23)12-2-1-3-14(8-12)25-15-10-18-4-5-19-15/h1-5,8,10,13H,6-7,9,11H2,(H,21,22). The lowest BCUT2D eigenvalue weighted by Crippen LogP contribution is -2.49. The van der Waals surface area contributed by atoms with E-state index in [4.69, 9.17) is 14.6 Å². The first-order valence-electron chi connectivity index (χ1n) is 7.78. The highest BCUT2D eigenvalue weighted by atomic mass is 16.5. The molecule has 0 radical (unpaired) electrons. The van der Waals surface area contributed by atoms with Crippen LogP contribution in [0, 0.1) is 0 Å². The van der Waals surface area contributed by atoms with Crippen molar-refractivity contribution in [3.05, 3.63) is 48.4 Å². The fourth-order valence-electron chi connectivity index (χ4n) is 2.61. The number of benzene rings is 1. The Morgan fingerprint density at radius 3 is 3.00 bits per heavy atom. The molecular formula is C17H17N3O5. The molecule has 1 unspecified atom stereocenters. The second-order valence-corrected chi connectivity index (χ2v) is 5.50. The number of carboxylic acid groups (broad SMARTS) is 1. The quantitative estimate of drug-likeness (QED) is 0.879. The maximum Gasteiger partial charge on any atom is 0.305 e. The number of ether oxygens (including phenoxy) is 2. The minimum atomic E-state index is -0.965. The van der Waals surface area contributed by atoms with Crippen LogP contribution < -0.4 is 4.74 Å². The fourth-order valence-corrected chi connectivity index (χ4v) is 2.61. The first kappa shape index (κ1) is 16.8. The molecule has 130 valence electrons. The van der Waals surface area contributed by atoms with E-state index in [2.05, 4.69) is 9.97 Å². The predicted molar refractivity (Wildman–Crippen MR) is 86.4 cm³/mol. The first-order chi connectivity index (χ1) is 12.1. The Labute approximate surface area is 144 Å². The van der Waals surface area contributed by atoms with E-state index in [1.54, 1.807) is 29.2 Å². The van der Waals surface area contributed by atoms with E-state index in [1.807, 2.05) is 0 Å². The van der Waals surface area contributed by atoms with Crippen LogP contribution in [-0.2, 0) is 9.53 Å². The molecule has 25 heavy (non-hydrogen) atoms. The summed E-state index contributed by atoms with van der Waals surface area (Å²) in [5, 5.41) is 9.02. The van der Waals surface area contributed by atoms with Gasteiger partial charge in [0.25, 0.3) is 5.91 Å². The van der Waals surface area contributed by atoms with Gasteiger partial charge in [-0.3, -0.25) is 14.6 Å². The van der Waals surface area contributed by atoms with Gasteiger partial charge in [0.2, 0.25) is 5.88 Å². The Morgan fingerprint density at radius 2 is 2.24 bits per heavy atom. The van der Waals surface area contributed by atoms with Crippen molar-refractivity contribution in [3.8, 4) is 11.6 Å². The number of nitrogens with zero attached hydrogens (tertiary/aromatic N) is 3. The van der Waals surface area contributed by atoms with Crippen LogP contribution in [0.5, 0.6) is 11.6 Å². The number of morpholine rings is 1. The highest BCUT2D eigenvalue weighted by molar-refractivity contribution is 5.95. The zero-order valence-electron chi connectivity index (χ0n) is 13.4. The van der Waals surface area contributed by atoms with Crippen molar-refractivity contribution in [2.75, 3.05) is 19.8 Å². The molecular weight excluding hydrogens is 326 g/mol. The number of hydrogen-bond donors (Lipinski definition) is 1. The van der Waals surface area contributed by atoms with Crippen LogP contribution in [0.2, 0.25) is 0 Å². The second-order valence-electron chi connectivity index (χ2n) is 5.50. The van der Waals surface area contributed by atoms with Gasteiger partial charge in [0, 0.05) is 24.5 Å². The van der Waals surface area contributed by atoms with Crippen LogP contribution >= 0.6 is 0 Å². The molecule has 1 fully saturated rings. The van der Waals surface area contributed by atoms with Crippen molar-refractivity contribution in [2.24, 2.45) is 0 Å². The Balaban J connectivity index is 1.77. The zero-order chi connectivity index (χ0) is 17.6. The molecule has 1 aliphatic heterocycles. The number of aromatic nitrogens is 2. The lowest BCUT2D eigenvalue weighted by atomic mass is 10.1. The molecule has 0 saturated carbocycles. The molecule has 1 saturated heterocycles. The SMILES string of the molecule is O=C(O)CC1COCCN1C(=O)c1cccc(Oc2cnccn2)c1. The van der Waals surface area contributed by atoms with Crippen LogP contribution in [-0.4, -0.2) is 57.7 Å². The summed E-state index contributed by atoms with van der Waals surface area (Å²) in [5.74, 6) is -0.441. The monoisotopic (exact) mass is 343 g/mol. The van der Waals surface area contributed by atoms with E-state index < -0.39 is 12.0 Å². The average Bonchev–Trinajstić information content (AvgIpc) is 2.62. The van der Waals surface area contributed by atoms with Gasteiger partial charge in [-0.2, -0.15) is 0 Å². The molecule has 2 heterocycles. The van der Waals surface area contributed by atoms with Gasteiger partial charge in [-0.15, -0.1) is 0 Å². The number of rotatable bonds is 5. The zero-order valence-corrected chi connectivity index (χ0v) is 13.4. The van der Waals surface area contributed by atoms with Crippen LogP contribution in [0.3, 0.4) is 0 Å². The maximum absolute atomic E-state index is 12.8. The number of carboxylic acids is 1. The van der Waals surface area contributed by atoms with Crippen molar-refractivity contribution >= 4 is 11.9 Å². The summed E-state index contributed by atoms with van der Waals surface area (Å²) >= 11 is 0. The lowest BCUT2D eigenvalue weighted by molar-refractivity contribution is -0.139. The number of carbonyl (C=O) groups is 2. The van der Waals surface area contributed by atoms with Gasteiger partial charge in [-0.25, -0.2) is 4.98 Å². The smallest absolute Gasteiger partial charge is 0.305 e. The first-order valence-corrected chi connectivity index (χ1v) is 7.78. The topological polar surface area (TPSA) is 102 Å². The highest BCUT2D eigenvalue weighted by Gasteiger charge is 2.29. The van der Waals surface area contributed by atoms with Gasteiger partial charge in [0.1, 0.15) is 5.75 Å². The molecule has 1 amide bonds. The van der Waals surface area contributed by atoms with Crippen LogP contribution in [0.15, 0.2) is 42.9 Å².